The Morgan fingerprint density at radius 2 is 1.90 bits per heavy atom. The number of rotatable bonds is 4. The maximum absolute atomic E-state index is 12.6. The van der Waals surface area contributed by atoms with Crippen molar-refractivity contribution in [3.8, 4) is 0 Å². The van der Waals surface area contributed by atoms with E-state index in [9.17, 15) is 18.0 Å². The number of ether oxygens (including phenoxy) is 1. The van der Waals surface area contributed by atoms with Crippen LogP contribution in [0.3, 0.4) is 0 Å². The van der Waals surface area contributed by atoms with Crippen molar-refractivity contribution < 1.29 is 22.7 Å². The second-order valence-corrected chi connectivity index (χ2v) is 8.79. The van der Waals surface area contributed by atoms with Gasteiger partial charge in [0.05, 0.1) is 4.90 Å². The number of fused-ring (bicyclic) bond motifs is 2. The third kappa shape index (κ3) is 3.80. The highest BCUT2D eigenvalue weighted by atomic mass is 32.2. The van der Waals surface area contributed by atoms with E-state index in [0.29, 0.717) is 12.1 Å². The molecule has 1 unspecified atom stereocenters. The van der Waals surface area contributed by atoms with Crippen LogP contribution in [0.1, 0.15) is 24.5 Å². The summed E-state index contributed by atoms with van der Waals surface area (Å²) in [6.45, 7) is 1.67. The molecule has 2 aromatic carbocycles. The number of carbonyl (C=O) groups excluding carboxylic acids is 2. The summed E-state index contributed by atoms with van der Waals surface area (Å²) >= 11 is 0. The average molecular weight is 427 g/mol. The van der Waals surface area contributed by atoms with Crippen LogP contribution in [-0.4, -0.2) is 45.3 Å². The summed E-state index contributed by atoms with van der Waals surface area (Å²) in [7, 11) is -3.69. The lowest BCUT2D eigenvalue weighted by atomic mass is 10.0. The number of para-hydroxylation sites is 1. The van der Waals surface area contributed by atoms with Gasteiger partial charge in [0.1, 0.15) is 11.9 Å². The quantitative estimate of drug-likeness (QED) is 0.747. The number of hydrogen-bond donors (Lipinski definition) is 1. The number of aryl methyl sites for hydroxylation is 1. The zero-order valence-corrected chi connectivity index (χ0v) is 17.2. The van der Waals surface area contributed by atoms with Crippen molar-refractivity contribution in [3.63, 3.8) is 0 Å². The Bertz CT molecular complexity index is 1140. The lowest BCUT2D eigenvalue weighted by Crippen LogP contribution is -2.39. The Balaban J connectivity index is 1.42. The van der Waals surface area contributed by atoms with Crippen molar-refractivity contribution in [1.82, 2.24) is 4.72 Å². The van der Waals surface area contributed by atoms with Gasteiger partial charge in [-0.3, -0.25) is 14.5 Å². The minimum atomic E-state index is -3.69. The Morgan fingerprint density at radius 1 is 1.17 bits per heavy atom. The van der Waals surface area contributed by atoms with Gasteiger partial charge in [-0.15, -0.1) is 0 Å². The third-order valence-electron chi connectivity index (χ3n) is 5.08. The van der Waals surface area contributed by atoms with Crippen molar-refractivity contribution in [2.24, 2.45) is 4.99 Å². The smallest absolute Gasteiger partial charge is 0.331 e. The van der Waals surface area contributed by atoms with Gasteiger partial charge in [0.15, 0.2) is 6.61 Å². The molecule has 30 heavy (non-hydrogen) atoms. The first-order valence-corrected chi connectivity index (χ1v) is 11.1. The van der Waals surface area contributed by atoms with Crippen molar-refractivity contribution in [2.75, 3.05) is 18.1 Å². The lowest BCUT2D eigenvalue weighted by molar-refractivity contribution is -0.148. The Morgan fingerprint density at radius 3 is 2.73 bits per heavy atom. The number of sulfonamides is 1. The molecule has 2 aliphatic heterocycles. The van der Waals surface area contributed by atoms with Gasteiger partial charge in [0, 0.05) is 17.8 Å². The van der Waals surface area contributed by atoms with Crippen molar-refractivity contribution >= 4 is 33.4 Å². The molecule has 2 aliphatic rings. The predicted octanol–water partition coefficient (Wildman–Crippen LogP) is 1.64. The third-order valence-corrected chi connectivity index (χ3v) is 6.47. The van der Waals surface area contributed by atoms with Crippen LogP contribution in [-0.2, 0) is 30.8 Å². The number of amides is 1. The highest BCUT2D eigenvalue weighted by molar-refractivity contribution is 7.90. The molecule has 9 heteroatoms. The van der Waals surface area contributed by atoms with E-state index in [1.165, 1.54) is 13.0 Å². The molecule has 0 aromatic heterocycles. The second-order valence-electron chi connectivity index (χ2n) is 7.14. The molecule has 1 amide bonds. The van der Waals surface area contributed by atoms with Gasteiger partial charge in [0.2, 0.25) is 0 Å². The SMILES string of the molecule is CC(N=C1NS(=O)(=O)c2ccccc21)C(=O)OCC(=O)N1CCCc2ccccc21. The molecular weight excluding hydrogens is 406 g/mol. The highest BCUT2D eigenvalue weighted by Crippen LogP contribution is 2.27. The van der Waals surface area contributed by atoms with Gasteiger partial charge >= 0.3 is 5.97 Å². The first-order valence-electron chi connectivity index (χ1n) is 9.62. The van der Waals surface area contributed by atoms with E-state index in [2.05, 4.69) is 9.71 Å². The van der Waals surface area contributed by atoms with Crippen LogP contribution in [0.2, 0.25) is 0 Å². The molecule has 2 aromatic rings. The molecule has 0 bridgehead atoms. The maximum atomic E-state index is 12.6. The molecule has 0 saturated carbocycles. The number of aliphatic imine (C=N–C) groups is 1. The monoisotopic (exact) mass is 427 g/mol. The van der Waals surface area contributed by atoms with E-state index < -0.39 is 28.6 Å². The summed E-state index contributed by atoms with van der Waals surface area (Å²) < 4.78 is 31.8. The summed E-state index contributed by atoms with van der Waals surface area (Å²) in [6, 6.07) is 13.1. The number of nitrogens with one attached hydrogen (secondary N) is 1. The summed E-state index contributed by atoms with van der Waals surface area (Å²) in [5.74, 6) is -0.918. The molecule has 8 nitrogen and oxygen atoms in total. The zero-order chi connectivity index (χ0) is 21.3. The topological polar surface area (TPSA) is 105 Å². The minimum absolute atomic E-state index is 0.0892. The van der Waals surface area contributed by atoms with E-state index in [4.69, 9.17) is 4.74 Å². The number of amidine groups is 1. The first kappa shape index (κ1) is 20.1. The molecule has 0 saturated heterocycles. The fourth-order valence-corrected chi connectivity index (χ4v) is 4.84. The highest BCUT2D eigenvalue weighted by Gasteiger charge is 2.31. The molecule has 156 valence electrons. The molecule has 1 N–H and O–H groups in total. The van der Waals surface area contributed by atoms with E-state index in [1.807, 2.05) is 24.3 Å². The second kappa shape index (κ2) is 7.91. The van der Waals surface area contributed by atoms with Crippen LogP contribution in [0.5, 0.6) is 0 Å². The van der Waals surface area contributed by atoms with E-state index >= 15 is 0 Å². The Kier molecular flexibility index (Phi) is 5.29. The van der Waals surface area contributed by atoms with Gasteiger partial charge in [-0.25, -0.2) is 13.2 Å². The number of anilines is 1. The Hall–Kier alpha value is -3.20. The van der Waals surface area contributed by atoms with Gasteiger partial charge in [-0.1, -0.05) is 30.3 Å². The first-order chi connectivity index (χ1) is 14.4. The summed E-state index contributed by atoms with van der Waals surface area (Å²) in [4.78, 5) is 30.9. The number of esters is 1. The van der Waals surface area contributed by atoms with Crippen LogP contribution in [0.4, 0.5) is 5.69 Å². The number of carbonyl (C=O) groups is 2. The molecule has 2 heterocycles. The molecule has 0 spiro atoms. The van der Waals surface area contributed by atoms with E-state index in [1.54, 1.807) is 23.1 Å². The minimum Gasteiger partial charge on any atom is -0.454 e. The molecule has 0 radical (unpaired) electrons. The van der Waals surface area contributed by atoms with Crippen molar-refractivity contribution in [2.45, 2.75) is 30.7 Å². The number of hydrogen-bond acceptors (Lipinski definition) is 6. The van der Waals surface area contributed by atoms with Crippen LogP contribution in [0.15, 0.2) is 58.4 Å². The van der Waals surface area contributed by atoms with E-state index in [-0.39, 0.29) is 16.6 Å². The number of nitrogens with zero attached hydrogens (tertiary/aromatic N) is 2. The zero-order valence-electron chi connectivity index (χ0n) is 16.4. The van der Waals surface area contributed by atoms with Crippen LogP contribution in [0.25, 0.3) is 0 Å². The molecule has 0 fully saturated rings. The predicted molar refractivity (Wildman–Crippen MR) is 111 cm³/mol. The molecule has 1 atom stereocenters. The summed E-state index contributed by atoms with van der Waals surface area (Å²) in [5, 5.41) is 0. The van der Waals surface area contributed by atoms with E-state index in [0.717, 1.165) is 24.1 Å². The Labute approximate surface area is 174 Å². The van der Waals surface area contributed by atoms with Crippen LogP contribution < -0.4 is 9.62 Å². The molecule has 0 aliphatic carbocycles. The van der Waals surface area contributed by atoms with Gasteiger partial charge in [-0.2, -0.15) is 0 Å². The maximum Gasteiger partial charge on any atom is 0.331 e. The summed E-state index contributed by atoms with van der Waals surface area (Å²) in [6.07, 6.45) is 1.76. The van der Waals surface area contributed by atoms with Crippen LogP contribution >= 0.6 is 0 Å². The van der Waals surface area contributed by atoms with Crippen molar-refractivity contribution in [1.29, 1.82) is 0 Å². The molecule has 4 rings (SSSR count). The lowest BCUT2D eigenvalue weighted by Gasteiger charge is -2.29. The standard InChI is InChI=1S/C21H21N3O5S/c1-14(22-20-16-9-3-5-11-18(16)30(27,28)23-20)21(26)29-13-19(25)24-12-6-8-15-7-2-4-10-17(15)24/h2-5,7,9-11,14H,6,8,12-13H2,1H3,(H,22,23). The van der Waals surface area contributed by atoms with Crippen LogP contribution in [0, 0.1) is 0 Å². The fourth-order valence-electron chi connectivity index (χ4n) is 3.60. The van der Waals surface area contributed by atoms with Gasteiger partial charge in [-0.05, 0) is 43.5 Å². The summed E-state index contributed by atoms with van der Waals surface area (Å²) in [5.41, 5.74) is 2.34. The van der Waals surface area contributed by atoms with Gasteiger partial charge in [0.25, 0.3) is 15.9 Å². The largest absolute Gasteiger partial charge is 0.454 e. The van der Waals surface area contributed by atoms with Crippen molar-refractivity contribution in [3.05, 3.63) is 59.7 Å². The average Bonchev–Trinajstić information content (AvgIpc) is 3.01. The fraction of sp³-hybridized carbons (Fsp3) is 0.286. The number of benzene rings is 2. The van der Waals surface area contributed by atoms with Gasteiger partial charge < -0.3 is 9.64 Å². The molecular formula is C21H21N3O5S. The normalized spacial score (nSPS) is 18.8.